The van der Waals surface area contributed by atoms with Crippen LogP contribution in [0, 0.1) is 11.6 Å². The fraction of sp³-hybridized carbons (Fsp3) is 0.286. The second-order valence-electron chi connectivity index (χ2n) is 4.76. The maximum Gasteiger partial charge on any atom is 0.147 e. The van der Waals surface area contributed by atoms with E-state index in [1.807, 2.05) is 6.07 Å². The number of halogens is 4. The highest BCUT2D eigenvalue weighted by molar-refractivity contribution is 9.10. The normalized spacial score (nSPS) is 17.9. The van der Waals surface area contributed by atoms with Crippen LogP contribution < -0.4 is 5.32 Å². The first-order valence-corrected chi connectivity index (χ1v) is 8.22. The Kier molecular flexibility index (Phi) is 4.02. The second-order valence-corrected chi connectivity index (χ2v) is 7.39. The van der Waals surface area contributed by atoms with E-state index in [9.17, 15) is 8.78 Å². The van der Waals surface area contributed by atoms with Crippen molar-refractivity contribution in [3.05, 3.63) is 49.1 Å². The minimum Gasteiger partial charge on any atom is -0.376 e. The number of benzene rings is 1. The van der Waals surface area contributed by atoms with Gasteiger partial charge in [0.15, 0.2) is 0 Å². The molecule has 1 nitrogen and oxygen atoms in total. The number of anilines is 1. The minimum atomic E-state index is -0.478. The molecule has 1 aromatic heterocycles. The van der Waals surface area contributed by atoms with Gasteiger partial charge in [-0.1, -0.05) is 11.6 Å². The SMILES string of the molecule is Fc1cc(NC2CCCc3sc(Cl)cc32)c(F)cc1Br. The van der Waals surface area contributed by atoms with Gasteiger partial charge in [0, 0.05) is 10.9 Å². The van der Waals surface area contributed by atoms with Crippen molar-refractivity contribution in [1.29, 1.82) is 0 Å². The number of aryl methyl sites for hydroxylation is 1. The molecular formula is C14H11BrClF2NS. The van der Waals surface area contributed by atoms with E-state index in [0.717, 1.165) is 35.2 Å². The molecule has 1 heterocycles. The van der Waals surface area contributed by atoms with Crippen LogP contribution >= 0.6 is 38.9 Å². The maximum atomic E-state index is 13.9. The molecule has 1 aliphatic carbocycles. The molecule has 1 unspecified atom stereocenters. The Balaban J connectivity index is 1.91. The maximum absolute atomic E-state index is 13.9. The van der Waals surface area contributed by atoms with Gasteiger partial charge in [0.05, 0.1) is 20.5 Å². The molecule has 0 saturated carbocycles. The highest BCUT2D eigenvalue weighted by Gasteiger charge is 2.23. The predicted octanol–water partition coefficient (Wildman–Crippen LogP) is 5.93. The van der Waals surface area contributed by atoms with Crippen molar-refractivity contribution in [1.82, 2.24) is 0 Å². The van der Waals surface area contributed by atoms with Crippen molar-refractivity contribution in [2.45, 2.75) is 25.3 Å². The molecule has 0 bridgehead atoms. The van der Waals surface area contributed by atoms with Gasteiger partial charge in [0.1, 0.15) is 11.6 Å². The summed E-state index contributed by atoms with van der Waals surface area (Å²) in [5.41, 5.74) is 1.29. The number of thiophene rings is 1. The molecule has 0 saturated heterocycles. The lowest BCUT2D eigenvalue weighted by Gasteiger charge is -2.25. The van der Waals surface area contributed by atoms with Gasteiger partial charge in [-0.05, 0) is 52.9 Å². The average molecular weight is 379 g/mol. The van der Waals surface area contributed by atoms with Crippen LogP contribution in [0.25, 0.3) is 0 Å². The van der Waals surface area contributed by atoms with Crippen molar-refractivity contribution in [3.63, 3.8) is 0 Å². The second kappa shape index (κ2) is 5.62. The summed E-state index contributed by atoms with van der Waals surface area (Å²) in [6, 6.07) is 4.23. The van der Waals surface area contributed by atoms with Crippen LogP contribution in [0.2, 0.25) is 4.34 Å². The van der Waals surface area contributed by atoms with E-state index in [0.29, 0.717) is 0 Å². The Morgan fingerprint density at radius 2 is 2.05 bits per heavy atom. The quantitative estimate of drug-likeness (QED) is 0.638. The first-order valence-electron chi connectivity index (χ1n) is 6.24. The zero-order chi connectivity index (χ0) is 14.3. The minimum absolute atomic E-state index is 0.0161. The van der Waals surface area contributed by atoms with E-state index >= 15 is 0 Å². The van der Waals surface area contributed by atoms with Crippen molar-refractivity contribution in [3.8, 4) is 0 Å². The Bertz CT molecular complexity index is 659. The van der Waals surface area contributed by atoms with E-state index in [2.05, 4.69) is 21.2 Å². The molecule has 20 heavy (non-hydrogen) atoms. The molecule has 0 aliphatic heterocycles. The van der Waals surface area contributed by atoms with E-state index in [-0.39, 0.29) is 16.2 Å². The van der Waals surface area contributed by atoms with E-state index in [4.69, 9.17) is 11.6 Å². The first kappa shape index (κ1) is 14.3. The summed E-state index contributed by atoms with van der Waals surface area (Å²) in [6.45, 7) is 0. The Morgan fingerprint density at radius 3 is 2.85 bits per heavy atom. The summed E-state index contributed by atoms with van der Waals surface area (Å²) in [5, 5.41) is 3.10. The van der Waals surface area contributed by atoms with E-state index in [1.54, 1.807) is 11.3 Å². The van der Waals surface area contributed by atoms with Crippen LogP contribution in [-0.2, 0) is 6.42 Å². The van der Waals surface area contributed by atoms with Gasteiger partial charge in [-0.15, -0.1) is 11.3 Å². The molecule has 0 spiro atoms. The predicted molar refractivity (Wildman–Crippen MR) is 82.7 cm³/mol. The Labute approximate surface area is 133 Å². The van der Waals surface area contributed by atoms with Crippen molar-refractivity contribution < 1.29 is 8.78 Å². The van der Waals surface area contributed by atoms with Crippen molar-refractivity contribution in [2.24, 2.45) is 0 Å². The lowest BCUT2D eigenvalue weighted by atomic mass is 9.94. The fourth-order valence-corrected chi connectivity index (χ4v) is 4.19. The molecule has 1 aromatic carbocycles. The highest BCUT2D eigenvalue weighted by atomic mass is 79.9. The van der Waals surface area contributed by atoms with Crippen LogP contribution in [-0.4, -0.2) is 0 Å². The van der Waals surface area contributed by atoms with Crippen LogP contribution in [0.5, 0.6) is 0 Å². The summed E-state index contributed by atoms with van der Waals surface area (Å²) in [5.74, 6) is -0.944. The molecule has 0 fully saturated rings. The van der Waals surface area contributed by atoms with Crippen LogP contribution in [0.1, 0.15) is 29.3 Å². The topological polar surface area (TPSA) is 12.0 Å². The van der Waals surface area contributed by atoms with Gasteiger partial charge < -0.3 is 5.32 Å². The molecule has 0 amide bonds. The third-order valence-electron chi connectivity index (χ3n) is 3.42. The molecule has 1 atom stereocenters. The lowest BCUT2D eigenvalue weighted by molar-refractivity contribution is 0.579. The number of nitrogens with one attached hydrogen (secondary N) is 1. The van der Waals surface area contributed by atoms with E-state index in [1.165, 1.54) is 10.9 Å². The van der Waals surface area contributed by atoms with Crippen molar-refractivity contribution >= 4 is 44.6 Å². The largest absolute Gasteiger partial charge is 0.376 e. The Hall–Kier alpha value is -0.650. The monoisotopic (exact) mass is 377 g/mol. The van der Waals surface area contributed by atoms with Gasteiger partial charge in [-0.3, -0.25) is 0 Å². The standard InChI is InChI=1S/C14H11BrClF2NS/c15-8-5-10(18)12(6-9(8)17)19-11-2-1-3-13-7(11)4-14(16)20-13/h4-6,11,19H,1-3H2. The number of fused-ring (bicyclic) bond motifs is 1. The van der Waals surface area contributed by atoms with Gasteiger partial charge >= 0.3 is 0 Å². The van der Waals surface area contributed by atoms with Gasteiger partial charge in [0.25, 0.3) is 0 Å². The zero-order valence-electron chi connectivity index (χ0n) is 10.4. The summed E-state index contributed by atoms with van der Waals surface area (Å²) >= 11 is 10.6. The average Bonchev–Trinajstić information content (AvgIpc) is 2.77. The summed E-state index contributed by atoms with van der Waals surface area (Å²) in [4.78, 5) is 1.23. The summed E-state index contributed by atoms with van der Waals surface area (Å²) < 4.78 is 28.3. The Morgan fingerprint density at radius 1 is 1.25 bits per heavy atom. The third-order valence-corrected chi connectivity index (χ3v) is 5.37. The lowest BCUT2D eigenvalue weighted by Crippen LogP contribution is -2.16. The first-order chi connectivity index (χ1) is 9.54. The van der Waals surface area contributed by atoms with Gasteiger partial charge in [0.2, 0.25) is 0 Å². The molecule has 1 N–H and O–H groups in total. The van der Waals surface area contributed by atoms with Crippen LogP contribution in [0.3, 0.4) is 0 Å². The molecule has 3 rings (SSSR count). The van der Waals surface area contributed by atoms with Crippen molar-refractivity contribution in [2.75, 3.05) is 5.32 Å². The number of rotatable bonds is 2. The molecular weight excluding hydrogens is 368 g/mol. The van der Waals surface area contributed by atoms with Crippen LogP contribution in [0.4, 0.5) is 14.5 Å². The molecule has 106 valence electrons. The van der Waals surface area contributed by atoms with Crippen LogP contribution in [0.15, 0.2) is 22.7 Å². The van der Waals surface area contributed by atoms with E-state index < -0.39 is 11.6 Å². The number of hydrogen-bond donors (Lipinski definition) is 1. The molecule has 2 aromatic rings. The molecule has 0 radical (unpaired) electrons. The smallest absolute Gasteiger partial charge is 0.147 e. The molecule has 1 aliphatic rings. The molecule has 6 heteroatoms. The highest BCUT2D eigenvalue weighted by Crippen LogP contribution is 2.40. The summed E-state index contributed by atoms with van der Waals surface area (Å²) in [7, 11) is 0. The van der Waals surface area contributed by atoms with Gasteiger partial charge in [-0.25, -0.2) is 8.78 Å². The third kappa shape index (κ3) is 2.71. The van der Waals surface area contributed by atoms with Gasteiger partial charge in [-0.2, -0.15) is 0 Å². The fourth-order valence-electron chi connectivity index (χ4n) is 2.49. The number of hydrogen-bond acceptors (Lipinski definition) is 2. The summed E-state index contributed by atoms with van der Waals surface area (Å²) in [6.07, 6.45) is 2.90. The zero-order valence-corrected chi connectivity index (χ0v) is 13.5.